The van der Waals surface area contributed by atoms with E-state index in [-0.39, 0.29) is 24.7 Å². The summed E-state index contributed by atoms with van der Waals surface area (Å²) in [7, 11) is 0. The smallest absolute Gasteiger partial charge is 0.251 e. The molecule has 2 aliphatic rings. The third kappa shape index (κ3) is 8.74. The van der Waals surface area contributed by atoms with Gasteiger partial charge in [-0.2, -0.15) is 0 Å². The van der Waals surface area contributed by atoms with Gasteiger partial charge in [-0.15, -0.1) is 0 Å². The van der Waals surface area contributed by atoms with Crippen LogP contribution in [0.4, 0.5) is 0 Å². The predicted octanol–water partition coefficient (Wildman–Crippen LogP) is 7.14. The molecule has 2 heterocycles. The van der Waals surface area contributed by atoms with Gasteiger partial charge in [-0.05, 0) is 51.6 Å². The topological polar surface area (TPSA) is 74.3 Å². The van der Waals surface area contributed by atoms with Crippen LogP contribution in [0.2, 0.25) is 0 Å². The van der Waals surface area contributed by atoms with E-state index in [1.165, 1.54) is 5.56 Å². The van der Waals surface area contributed by atoms with Crippen molar-refractivity contribution in [2.24, 2.45) is 0 Å². The number of nitrogens with zero attached hydrogens (tertiary/aromatic N) is 2. The summed E-state index contributed by atoms with van der Waals surface area (Å²) in [6.45, 7) is 6.42. The number of carbonyl (C=O) groups is 1. The Morgan fingerprint density at radius 3 is 2.04 bits per heavy atom. The van der Waals surface area contributed by atoms with Gasteiger partial charge in [0, 0.05) is 63.4 Å². The number of benzene rings is 5. The van der Waals surface area contributed by atoms with E-state index in [9.17, 15) is 9.90 Å². The molecule has 1 amide bonds. The summed E-state index contributed by atoms with van der Waals surface area (Å²) in [5, 5.41) is 12.6. The molecule has 0 saturated carbocycles. The third-order valence-corrected chi connectivity index (χ3v) is 9.72. The maximum absolute atomic E-state index is 12.6. The van der Waals surface area contributed by atoms with Crippen molar-refractivity contribution in [3.05, 3.63) is 167 Å². The lowest BCUT2D eigenvalue weighted by Crippen LogP contribution is -2.49. The number of rotatable bonds is 11. The lowest BCUT2D eigenvalue weighted by Gasteiger charge is -2.40. The van der Waals surface area contributed by atoms with Gasteiger partial charge in [-0.25, -0.2) is 0 Å². The molecule has 0 spiro atoms. The molecule has 5 aromatic carbocycles. The zero-order chi connectivity index (χ0) is 34.1. The molecule has 7 nitrogen and oxygen atoms in total. The number of ether oxygens (including phenoxy) is 2. The maximum atomic E-state index is 12.6. The van der Waals surface area contributed by atoms with Gasteiger partial charge in [0.05, 0.1) is 18.8 Å². The van der Waals surface area contributed by atoms with Crippen molar-refractivity contribution in [2.45, 2.75) is 44.6 Å². The number of aliphatic hydroxyl groups excluding tert-OH is 1. The van der Waals surface area contributed by atoms with Gasteiger partial charge < -0.3 is 19.9 Å². The molecule has 7 heteroatoms. The lowest BCUT2D eigenvalue weighted by atomic mass is 9.98. The van der Waals surface area contributed by atoms with Crippen LogP contribution in [-0.4, -0.2) is 59.6 Å². The third-order valence-electron chi connectivity index (χ3n) is 9.72. The van der Waals surface area contributed by atoms with Crippen LogP contribution in [-0.2, 0) is 29.2 Å². The summed E-state index contributed by atoms with van der Waals surface area (Å²) >= 11 is 0. The molecule has 2 aliphatic heterocycles. The molecule has 5 aromatic rings. The summed E-state index contributed by atoms with van der Waals surface area (Å²) in [5.74, 6) is -0.0842. The Labute approximate surface area is 295 Å². The molecule has 0 radical (unpaired) electrons. The Morgan fingerprint density at radius 1 is 0.660 bits per heavy atom. The van der Waals surface area contributed by atoms with Crippen molar-refractivity contribution >= 4 is 5.91 Å². The molecular weight excluding hydrogens is 622 g/mol. The molecule has 2 N–H and O–H groups in total. The minimum atomic E-state index is -0.496. The van der Waals surface area contributed by atoms with Crippen molar-refractivity contribution < 1.29 is 19.4 Å². The largest absolute Gasteiger partial charge is 0.392 e. The van der Waals surface area contributed by atoms with Crippen molar-refractivity contribution in [2.75, 3.05) is 32.7 Å². The average molecular weight is 668 g/mol. The zero-order valence-corrected chi connectivity index (χ0v) is 28.4. The Morgan fingerprint density at radius 2 is 1.32 bits per heavy atom. The van der Waals surface area contributed by atoms with Gasteiger partial charge in [0.15, 0.2) is 6.29 Å². The fraction of sp³-hybridized carbons (Fsp3) is 0.279. The van der Waals surface area contributed by atoms with Gasteiger partial charge in [0.25, 0.3) is 5.91 Å². The molecule has 0 aromatic heterocycles. The second-order valence-corrected chi connectivity index (χ2v) is 13.3. The van der Waals surface area contributed by atoms with Crippen LogP contribution in [0.25, 0.3) is 11.1 Å². The van der Waals surface area contributed by atoms with Gasteiger partial charge in [-0.1, -0.05) is 115 Å². The quantitative estimate of drug-likeness (QED) is 0.156. The van der Waals surface area contributed by atoms with Gasteiger partial charge in [0.1, 0.15) is 0 Å². The molecule has 0 aliphatic carbocycles. The molecule has 7 rings (SSSR count). The molecule has 2 fully saturated rings. The van der Waals surface area contributed by atoms with Crippen molar-refractivity contribution in [3.63, 3.8) is 0 Å². The van der Waals surface area contributed by atoms with E-state index in [1.54, 1.807) is 0 Å². The summed E-state index contributed by atoms with van der Waals surface area (Å²) in [5.41, 5.74) is 8.18. The lowest BCUT2D eigenvalue weighted by molar-refractivity contribution is -0.253. The molecule has 0 unspecified atom stereocenters. The highest BCUT2D eigenvalue weighted by Gasteiger charge is 2.33. The van der Waals surface area contributed by atoms with E-state index < -0.39 is 6.29 Å². The second-order valence-electron chi connectivity index (χ2n) is 13.3. The SMILES string of the molecule is O=C(NCc1cccc(-c2ccc([C@@H]3O[C@H](CN4CCN(Cc5ccccc5)CC4)C[C@H](c4ccc(CO)cc4)O3)cc2)c1)c1ccccc1. The molecule has 3 atom stereocenters. The van der Waals surface area contributed by atoms with Crippen molar-refractivity contribution in [1.82, 2.24) is 15.1 Å². The minimum Gasteiger partial charge on any atom is -0.392 e. The fourth-order valence-electron chi connectivity index (χ4n) is 6.86. The Balaban J connectivity index is 1.01. The zero-order valence-electron chi connectivity index (χ0n) is 28.4. The van der Waals surface area contributed by atoms with Gasteiger partial charge >= 0.3 is 0 Å². The normalized spacial score (nSPS) is 20.0. The van der Waals surface area contributed by atoms with Crippen molar-refractivity contribution in [3.8, 4) is 11.1 Å². The number of hydrogen-bond acceptors (Lipinski definition) is 6. The first kappa shape index (κ1) is 33.8. The first-order valence-corrected chi connectivity index (χ1v) is 17.6. The van der Waals surface area contributed by atoms with Crippen LogP contribution < -0.4 is 5.32 Å². The van der Waals surface area contributed by atoms with Crippen LogP contribution >= 0.6 is 0 Å². The molecular formula is C43H45N3O4. The number of carbonyl (C=O) groups excluding carboxylic acids is 1. The number of amides is 1. The Kier molecular flexibility index (Phi) is 11.1. The van der Waals surface area contributed by atoms with Gasteiger partial charge in [-0.3, -0.25) is 14.6 Å². The number of piperazine rings is 1. The predicted molar refractivity (Wildman–Crippen MR) is 196 cm³/mol. The maximum Gasteiger partial charge on any atom is 0.251 e. The van der Waals surface area contributed by atoms with E-state index >= 15 is 0 Å². The highest BCUT2D eigenvalue weighted by atomic mass is 16.7. The summed E-state index contributed by atoms with van der Waals surface area (Å²) < 4.78 is 13.3. The first-order valence-electron chi connectivity index (χ1n) is 17.6. The van der Waals surface area contributed by atoms with Crippen LogP contribution in [0.3, 0.4) is 0 Å². The van der Waals surface area contributed by atoms with Crippen LogP contribution in [0, 0.1) is 0 Å². The van der Waals surface area contributed by atoms with Crippen LogP contribution in [0.15, 0.2) is 133 Å². The molecule has 2 saturated heterocycles. The highest BCUT2D eigenvalue weighted by molar-refractivity contribution is 5.94. The Bertz CT molecular complexity index is 1810. The van der Waals surface area contributed by atoms with Crippen molar-refractivity contribution in [1.29, 1.82) is 0 Å². The number of hydrogen-bond donors (Lipinski definition) is 2. The molecule has 50 heavy (non-hydrogen) atoms. The summed E-state index contributed by atoms with van der Waals surface area (Å²) in [6.07, 6.45) is 0.169. The Hall–Kier alpha value is -4.63. The summed E-state index contributed by atoms with van der Waals surface area (Å²) in [4.78, 5) is 17.6. The van der Waals surface area contributed by atoms with Crippen LogP contribution in [0.5, 0.6) is 0 Å². The number of aliphatic hydroxyl groups is 1. The van der Waals surface area contributed by atoms with E-state index in [0.29, 0.717) is 12.1 Å². The average Bonchev–Trinajstić information content (AvgIpc) is 3.18. The minimum absolute atomic E-state index is 0.0133. The van der Waals surface area contributed by atoms with E-state index in [0.717, 1.165) is 79.1 Å². The highest BCUT2D eigenvalue weighted by Crippen LogP contribution is 2.39. The second kappa shape index (κ2) is 16.4. The first-order chi connectivity index (χ1) is 24.6. The van der Waals surface area contributed by atoms with E-state index in [4.69, 9.17) is 9.47 Å². The monoisotopic (exact) mass is 667 g/mol. The van der Waals surface area contributed by atoms with Gasteiger partial charge in [0.2, 0.25) is 0 Å². The molecule has 256 valence electrons. The van der Waals surface area contributed by atoms with E-state index in [2.05, 4.69) is 94.0 Å². The number of nitrogens with one attached hydrogen (secondary N) is 1. The summed E-state index contributed by atoms with van der Waals surface area (Å²) in [6, 6.07) is 44.7. The van der Waals surface area contributed by atoms with E-state index in [1.807, 2.05) is 54.6 Å². The fourth-order valence-corrected chi connectivity index (χ4v) is 6.86. The standard InChI is InChI=1S/C43H45N3O4/c47-31-33-14-16-36(17-15-33)41-27-40(30-46-24-22-45(23-25-46)29-32-8-3-1-4-9-32)49-43(50-41)38-20-18-35(19-21-38)39-13-7-10-34(26-39)28-44-42(48)37-11-5-2-6-12-37/h1-21,26,40-41,43,47H,22-25,27-31H2,(H,44,48)/t40-,41+,43+/m0/s1. The van der Waals surface area contributed by atoms with Crippen LogP contribution in [0.1, 0.15) is 57.0 Å². The molecule has 0 bridgehead atoms.